The first kappa shape index (κ1) is 16.2. The Morgan fingerprint density at radius 3 is 1.73 bits per heavy atom. The highest BCUT2D eigenvalue weighted by Crippen LogP contribution is 2.21. The lowest BCUT2D eigenvalue weighted by molar-refractivity contribution is 0.932. The van der Waals surface area contributed by atoms with E-state index in [4.69, 9.17) is 15.0 Å². The Labute approximate surface area is 153 Å². The van der Waals surface area contributed by atoms with Crippen LogP contribution < -0.4 is 0 Å². The van der Waals surface area contributed by atoms with Crippen LogP contribution in [0.4, 0.5) is 0 Å². The molecule has 3 nitrogen and oxygen atoms in total. The van der Waals surface area contributed by atoms with Crippen molar-refractivity contribution in [2.24, 2.45) is 0 Å². The van der Waals surface area contributed by atoms with Gasteiger partial charge in [0.15, 0.2) is 11.6 Å². The molecule has 0 saturated carbocycles. The molecule has 0 aliphatic rings. The van der Waals surface area contributed by atoms with E-state index in [0.29, 0.717) is 18.1 Å². The maximum atomic E-state index is 4.73. The van der Waals surface area contributed by atoms with Gasteiger partial charge in [0.2, 0.25) is 0 Å². The van der Waals surface area contributed by atoms with Gasteiger partial charge < -0.3 is 0 Å². The molecule has 3 heteroatoms. The first-order chi connectivity index (χ1) is 12.8. The summed E-state index contributed by atoms with van der Waals surface area (Å²) >= 11 is 0. The summed E-state index contributed by atoms with van der Waals surface area (Å²) in [7, 11) is 0. The number of aryl methyl sites for hydroxylation is 1. The highest BCUT2D eigenvalue weighted by molar-refractivity contribution is 5.61. The van der Waals surface area contributed by atoms with Crippen molar-refractivity contribution in [3.63, 3.8) is 0 Å². The summed E-state index contributed by atoms with van der Waals surface area (Å²) in [6, 6.07) is 28.6. The zero-order valence-corrected chi connectivity index (χ0v) is 14.6. The molecule has 0 N–H and O–H groups in total. The van der Waals surface area contributed by atoms with Crippen LogP contribution in [0.15, 0.2) is 84.9 Å². The summed E-state index contributed by atoms with van der Waals surface area (Å²) < 4.78 is 0. The van der Waals surface area contributed by atoms with Gasteiger partial charge in [-0.05, 0) is 12.5 Å². The fourth-order valence-corrected chi connectivity index (χ4v) is 2.83. The normalized spacial score (nSPS) is 10.7. The van der Waals surface area contributed by atoms with E-state index in [1.54, 1.807) is 0 Å². The molecule has 0 radical (unpaired) electrons. The Morgan fingerprint density at radius 2 is 1.12 bits per heavy atom. The van der Waals surface area contributed by atoms with E-state index in [9.17, 15) is 0 Å². The lowest BCUT2D eigenvalue weighted by Crippen LogP contribution is -2.04. The molecule has 26 heavy (non-hydrogen) atoms. The highest BCUT2D eigenvalue weighted by Gasteiger charge is 2.11. The molecule has 0 bridgehead atoms. The molecule has 0 fully saturated rings. The quantitative estimate of drug-likeness (QED) is 0.520. The lowest BCUT2D eigenvalue weighted by atomic mass is 10.1. The minimum absolute atomic E-state index is 0.683. The van der Waals surface area contributed by atoms with Crippen molar-refractivity contribution in [2.45, 2.75) is 13.3 Å². The first-order valence-corrected chi connectivity index (χ1v) is 8.69. The number of rotatable bonds is 4. The monoisotopic (exact) mass is 337 g/mol. The second-order valence-electron chi connectivity index (χ2n) is 6.29. The van der Waals surface area contributed by atoms with Crippen LogP contribution >= 0.6 is 0 Å². The van der Waals surface area contributed by atoms with Crippen molar-refractivity contribution in [3.05, 3.63) is 102 Å². The smallest absolute Gasteiger partial charge is 0.163 e. The van der Waals surface area contributed by atoms with E-state index in [1.807, 2.05) is 48.5 Å². The summed E-state index contributed by atoms with van der Waals surface area (Å²) in [5, 5.41) is 0. The van der Waals surface area contributed by atoms with Gasteiger partial charge in [0.1, 0.15) is 5.82 Å². The Balaban J connectivity index is 1.80. The fourth-order valence-electron chi connectivity index (χ4n) is 2.83. The van der Waals surface area contributed by atoms with Gasteiger partial charge in [0.25, 0.3) is 0 Å². The molecule has 0 unspecified atom stereocenters. The number of benzene rings is 3. The summed E-state index contributed by atoms with van der Waals surface area (Å²) in [4.78, 5) is 14.2. The summed E-state index contributed by atoms with van der Waals surface area (Å²) in [5.41, 5.74) is 4.41. The average molecular weight is 337 g/mol. The third-order valence-electron chi connectivity index (χ3n) is 4.23. The SMILES string of the molecule is Cc1ccc(-c2nc(Cc3ccccc3)nc(-c3ccccc3)n2)cc1. The molecule has 3 aromatic carbocycles. The van der Waals surface area contributed by atoms with Crippen molar-refractivity contribution < 1.29 is 0 Å². The van der Waals surface area contributed by atoms with Crippen LogP contribution in [0.3, 0.4) is 0 Å². The first-order valence-electron chi connectivity index (χ1n) is 8.69. The molecule has 0 atom stereocenters. The van der Waals surface area contributed by atoms with Gasteiger partial charge >= 0.3 is 0 Å². The zero-order chi connectivity index (χ0) is 17.8. The number of aromatic nitrogens is 3. The van der Waals surface area contributed by atoms with Gasteiger partial charge in [-0.25, -0.2) is 15.0 Å². The predicted molar refractivity (Wildman–Crippen MR) is 105 cm³/mol. The van der Waals surface area contributed by atoms with Crippen molar-refractivity contribution in [1.82, 2.24) is 15.0 Å². The second kappa shape index (κ2) is 7.28. The summed E-state index contributed by atoms with van der Waals surface area (Å²) in [5.74, 6) is 2.20. The molecule has 4 aromatic rings. The molecule has 1 aromatic heterocycles. The van der Waals surface area contributed by atoms with Crippen LogP contribution in [-0.2, 0) is 6.42 Å². The van der Waals surface area contributed by atoms with Crippen LogP contribution in [0, 0.1) is 6.92 Å². The largest absolute Gasteiger partial charge is 0.213 e. The molecular formula is C23H19N3. The van der Waals surface area contributed by atoms with Crippen molar-refractivity contribution >= 4 is 0 Å². The van der Waals surface area contributed by atoms with Crippen LogP contribution in [0.2, 0.25) is 0 Å². The van der Waals surface area contributed by atoms with Crippen LogP contribution in [-0.4, -0.2) is 15.0 Å². The second-order valence-corrected chi connectivity index (χ2v) is 6.29. The standard InChI is InChI=1S/C23H19N3/c1-17-12-14-20(15-13-17)23-25-21(16-18-8-4-2-5-9-18)24-22(26-23)19-10-6-3-7-11-19/h2-15H,16H2,1H3. The van der Waals surface area contributed by atoms with E-state index in [1.165, 1.54) is 11.1 Å². The van der Waals surface area contributed by atoms with Gasteiger partial charge in [-0.15, -0.1) is 0 Å². The van der Waals surface area contributed by atoms with E-state index in [-0.39, 0.29) is 0 Å². The van der Waals surface area contributed by atoms with E-state index in [2.05, 4.69) is 43.3 Å². The summed E-state index contributed by atoms with van der Waals surface area (Å²) in [6.07, 6.45) is 0.683. The average Bonchev–Trinajstić information content (AvgIpc) is 2.70. The van der Waals surface area contributed by atoms with Gasteiger partial charge in [-0.1, -0.05) is 90.5 Å². The summed E-state index contributed by atoms with van der Waals surface area (Å²) in [6.45, 7) is 2.08. The lowest BCUT2D eigenvalue weighted by Gasteiger charge is -2.08. The molecule has 0 aliphatic heterocycles. The van der Waals surface area contributed by atoms with Gasteiger partial charge in [-0.3, -0.25) is 0 Å². The highest BCUT2D eigenvalue weighted by atomic mass is 15.0. The molecule has 0 amide bonds. The topological polar surface area (TPSA) is 38.7 Å². The van der Waals surface area contributed by atoms with Gasteiger partial charge in [-0.2, -0.15) is 0 Å². The Bertz CT molecular complexity index is 995. The van der Waals surface area contributed by atoms with Crippen molar-refractivity contribution in [1.29, 1.82) is 0 Å². The molecule has 0 saturated heterocycles. The minimum Gasteiger partial charge on any atom is -0.213 e. The minimum atomic E-state index is 0.683. The molecule has 4 rings (SSSR count). The van der Waals surface area contributed by atoms with Gasteiger partial charge in [0, 0.05) is 17.5 Å². The molecule has 0 spiro atoms. The van der Waals surface area contributed by atoms with Crippen molar-refractivity contribution in [2.75, 3.05) is 0 Å². The Morgan fingerprint density at radius 1 is 0.577 bits per heavy atom. The molecule has 0 aliphatic carbocycles. The molecule has 126 valence electrons. The van der Waals surface area contributed by atoms with E-state index in [0.717, 1.165) is 17.0 Å². The predicted octanol–water partition coefficient (Wildman–Crippen LogP) is 5.10. The number of hydrogen-bond donors (Lipinski definition) is 0. The third kappa shape index (κ3) is 3.67. The zero-order valence-electron chi connectivity index (χ0n) is 14.6. The van der Waals surface area contributed by atoms with Crippen LogP contribution in [0.25, 0.3) is 22.8 Å². The maximum Gasteiger partial charge on any atom is 0.163 e. The van der Waals surface area contributed by atoms with E-state index < -0.39 is 0 Å². The molecule has 1 heterocycles. The maximum absolute atomic E-state index is 4.73. The third-order valence-corrected chi connectivity index (χ3v) is 4.23. The fraction of sp³-hybridized carbons (Fsp3) is 0.0870. The van der Waals surface area contributed by atoms with Crippen LogP contribution in [0.5, 0.6) is 0 Å². The van der Waals surface area contributed by atoms with Crippen molar-refractivity contribution in [3.8, 4) is 22.8 Å². The Kier molecular flexibility index (Phi) is 4.52. The van der Waals surface area contributed by atoms with E-state index >= 15 is 0 Å². The molecular weight excluding hydrogens is 318 g/mol. The number of nitrogens with zero attached hydrogens (tertiary/aromatic N) is 3. The van der Waals surface area contributed by atoms with Gasteiger partial charge in [0.05, 0.1) is 0 Å². The Hall–Kier alpha value is -3.33. The van der Waals surface area contributed by atoms with Crippen LogP contribution in [0.1, 0.15) is 17.0 Å². The number of hydrogen-bond acceptors (Lipinski definition) is 3.